The highest BCUT2D eigenvalue weighted by Crippen LogP contribution is 2.23. The van der Waals surface area contributed by atoms with Crippen LogP contribution in [0.1, 0.15) is 36.6 Å². The number of nitrogens with two attached hydrogens (primary N) is 1. The van der Waals surface area contributed by atoms with E-state index in [9.17, 15) is 14.4 Å². The monoisotopic (exact) mass is 385 g/mol. The lowest BCUT2D eigenvalue weighted by atomic mass is 10.1. The summed E-state index contributed by atoms with van der Waals surface area (Å²) in [5.41, 5.74) is 9.23. The normalized spacial score (nSPS) is 12.8. The number of anilines is 2. The highest BCUT2D eigenvalue weighted by molar-refractivity contribution is 6.21. The molecule has 3 amide bonds. The Morgan fingerprint density at radius 2 is 1.41 bits per heavy atom. The number of nitrogens with zero attached hydrogens (tertiary/aromatic N) is 1. The van der Waals surface area contributed by atoms with Crippen LogP contribution in [0.15, 0.2) is 72.8 Å². The van der Waals surface area contributed by atoms with Crippen LogP contribution in [-0.4, -0.2) is 29.2 Å². The molecular weight excluding hydrogens is 366 g/mol. The van der Waals surface area contributed by atoms with Gasteiger partial charge in [0.05, 0.1) is 22.5 Å². The number of para-hydroxylation sites is 2. The average Bonchev–Trinajstić information content (AvgIpc) is 2.99. The van der Waals surface area contributed by atoms with Gasteiger partial charge in [0.1, 0.15) is 0 Å². The van der Waals surface area contributed by atoms with E-state index in [1.807, 2.05) is 12.1 Å². The van der Waals surface area contributed by atoms with Gasteiger partial charge in [0.2, 0.25) is 0 Å². The first-order valence-electron chi connectivity index (χ1n) is 9.24. The van der Waals surface area contributed by atoms with E-state index in [4.69, 9.17) is 5.73 Å². The number of benzene rings is 3. The molecule has 0 bridgehead atoms. The summed E-state index contributed by atoms with van der Waals surface area (Å²) >= 11 is 0. The minimum absolute atomic E-state index is 0.255. The number of hydrogen-bond acceptors (Lipinski definition) is 4. The maximum absolute atomic E-state index is 12.4. The quantitative estimate of drug-likeness (QED) is 0.520. The van der Waals surface area contributed by atoms with Gasteiger partial charge >= 0.3 is 0 Å². The Labute approximate surface area is 167 Å². The van der Waals surface area contributed by atoms with Crippen LogP contribution in [0.5, 0.6) is 0 Å². The molecule has 1 aliphatic rings. The molecule has 1 aliphatic heterocycles. The third kappa shape index (κ3) is 3.60. The van der Waals surface area contributed by atoms with Gasteiger partial charge in [-0.2, -0.15) is 0 Å². The van der Waals surface area contributed by atoms with Crippen LogP contribution in [0.3, 0.4) is 0 Å². The van der Waals surface area contributed by atoms with Gasteiger partial charge < -0.3 is 11.1 Å². The summed E-state index contributed by atoms with van der Waals surface area (Å²) in [6.07, 6.45) is 0.513. The predicted octanol–water partition coefficient (Wildman–Crippen LogP) is 3.36. The third-order valence-corrected chi connectivity index (χ3v) is 4.93. The van der Waals surface area contributed by atoms with E-state index in [0.29, 0.717) is 41.0 Å². The van der Waals surface area contributed by atoms with Gasteiger partial charge in [0.15, 0.2) is 0 Å². The molecule has 6 heteroatoms. The SMILES string of the molecule is Nc1ccccc1NC(=O)c1ccc(CCN2C(=O)c3ccccc3C2=O)cc1. The predicted molar refractivity (Wildman–Crippen MR) is 111 cm³/mol. The molecule has 0 saturated heterocycles. The summed E-state index contributed by atoms with van der Waals surface area (Å²) in [6.45, 7) is 0.290. The van der Waals surface area contributed by atoms with Crippen LogP contribution >= 0.6 is 0 Å². The van der Waals surface area contributed by atoms with Crippen molar-refractivity contribution in [3.8, 4) is 0 Å². The Morgan fingerprint density at radius 3 is 2.03 bits per heavy atom. The van der Waals surface area contributed by atoms with Gasteiger partial charge in [-0.1, -0.05) is 36.4 Å². The molecule has 0 atom stereocenters. The van der Waals surface area contributed by atoms with Crippen molar-refractivity contribution in [2.24, 2.45) is 0 Å². The van der Waals surface area contributed by atoms with Crippen LogP contribution in [0.25, 0.3) is 0 Å². The Morgan fingerprint density at radius 1 is 0.828 bits per heavy atom. The third-order valence-electron chi connectivity index (χ3n) is 4.93. The molecule has 0 aliphatic carbocycles. The molecule has 3 N–H and O–H groups in total. The average molecular weight is 385 g/mol. The largest absolute Gasteiger partial charge is 0.397 e. The van der Waals surface area contributed by atoms with Crippen molar-refractivity contribution in [2.45, 2.75) is 6.42 Å². The van der Waals surface area contributed by atoms with E-state index in [1.54, 1.807) is 60.7 Å². The Kier molecular flexibility index (Phi) is 4.83. The minimum Gasteiger partial charge on any atom is -0.397 e. The number of carbonyl (C=O) groups excluding carboxylic acids is 3. The summed E-state index contributed by atoms with van der Waals surface area (Å²) in [5.74, 6) is -0.779. The summed E-state index contributed by atoms with van der Waals surface area (Å²) in [4.78, 5) is 38.5. The van der Waals surface area contributed by atoms with Crippen molar-refractivity contribution in [1.29, 1.82) is 0 Å². The molecule has 0 saturated carbocycles. The number of imide groups is 1. The fourth-order valence-electron chi connectivity index (χ4n) is 3.31. The number of nitrogens with one attached hydrogen (secondary N) is 1. The number of rotatable bonds is 5. The second-order valence-electron chi connectivity index (χ2n) is 6.80. The van der Waals surface area contributed by atoms with Gasteiger partial charge in [-0.25, -0.2) is 0 Å². The summed E-state index contributed by atoms with van der Waals surface area (Å²) in [6, 6.07) is 21.0. The van der Waals surface area contributed by atoms with Crippen LogP contribution in [0, 0.1) is 0 Å². The topological polar surface area (TPSA) is 92.5 Å². The molecule has 3 aromatic carbocycles. The van der Waals surface area contributed by atoms with Crippen molar-refractivity contribution in [2.75, 3.05) is 17.6 Å². The van der Waals surface area contributed by atoms with Crippen molar-refractivity contribution in [1.82, 2.24) is 4.90 Å². The van der Waals surface area contributed by atoms with Crippen molar-refractivity contribution >= 4 is 29.1 Å². The van der Waals surface area contributed by atoms with E-state index in [2.05, 4.69) is 5.32 Å². The first kappa shape index (κ1) is 18.4. The molecule has 1 heterocycles. The van der Waals surface area contributed by atoms with Gasteiger partial charge in [0.25, 0.3) is 17.7 Å². The molecule has 0 unspecified atom stereocenters. The molecule has 3 aromatic rings. The highest BCUT2D eigenvalue weighted by Gasteiger charge is 2.34. The smallest absolute Gasteiger partial charge is 0.261 e. The first-order chi connectivity index (χ1) is 14.0. The molecule has 0 fully saturated rings. The Balaban J connectivity index is 1.39. The fraction of sp³-hybridized carbons (Fsp3) is 0.0870. The maximum Gasteiger partial charge on any atom is 0.261 e. The standard InChI is InChI=1S/C23H19N3O3/c24-19-7-3-4-8-20(19)25-21(27)16-11-9-15(10-12-16)13-14-26-22(28)17-5-1-2-6-18(17)23(26)29/h1-12H,13-14,24H2,(H,25,27). The lowest BCUT2D eigenvalue weighted by Crippen LogP contribution is -2.31. The number of amides is 3. The summed E-state index contributed by atoms with van der Waals surface area (Å²) in [5, 5.41) is 2.78. The number of fused-ring (bicyclic) bond motifs is 1. The fourth-order valence-corrected chi connectivity index (χ4v) is 3.31. The zero-order valence-corrected chi connectivity index (χ0v) is 15.6. The summed E-state index contributed by atoms with van der Waals surface area (Å²) < 4.78 is 0. The molecule has 0 spiro atoms. The number of nitrogen functional groups attached to an aromatic ring is 1. The molecule has 29 heavy (non-hydrogen) atoms. The van der Waals surface area contributed by atoms with Crippen molar-refractivity contribution in [3.05, 3.63) is 95.1 Å². The Hall–Kier alpha value is -3.93. The van der Waals surface area contributed by atoms with Crippen LogP contribution < -0.4 is 11.1 Å². The van der Waals surface area contributed by atoms with E-state index in [0.717, 1.165) is 5.56 Å². The van der Waals surface area contributed by atoms with Gasteiger partial charge in [0, 0.05) is 12.1 Å². The molecule has 6 nitrogen and oxygen atoms in total. The van der Waals surface area contributed by atoms with Crippen LogP contribution in [-0.2, 0) is 6.42 Å². The molecule has 4 rings (SSSR count). The van der Waals surface area contributed by atoms with Gasteiger partial charge in [-0.3, -0.25) is 19.3 Å². The van der Waals surface area contributed by atoms with Crippen molar-refractivity contribution in [3.63, 3.8) is 0 Å². The first-order valence-corrected chi connectivity index (χ1v) is 9.24. The van der Waals surface area contributed by atoms with E-state index in [-0.39, 0.29) is 17.7 Å². The lowest BCUT2D eigenvalue weighted by molar-refractivity contribution is 0.0656. The number of hydrogen-bond donors (Lipinski definition) is 2. The van der Waals surface area contributed by atoms with Crippen LogP contribution in [0.4, 0.5) is 11.4 Å². The Bertz CT molecular complexity index is 1070. The second-order valence-corrected chi connectivity index (χ2v) is 6.80. The molecular formula is C23H19N3O3. The van der Waals surface area contributed by atoms with Gasteiger partial charge in [-0.15, -0.1) is 0 Å². The van der Waals surface area contributed by atoms with E-state index >= 15 is 0 Å². The molecule has 0 radical (unpaired) electrons. The van der Waals surface area contributed by atoms with Crippen LogP contribution in [0.2, 0.25) is 0 Å². The molecule has 0 aromatic heterocycles. The van der Waals surface area contributed by atoms with Gasteiger partial charge in [-0.05, 0) is 48.4 Å². The maximum atomic E-state index is 12.4. The second kappa shape index (κ2) is 7.59. The minimum atomic E-state index is -0.262. The molecule has 144 valence electrons. The number of carbonyl (C=O) groups is 3. The van der Waals surface area contributed by atoms with E-state index < -0.39 is 0 Å². The van der Waals surface area contributed by atoms with Crippen molar-refractivity contribution < 1.29 is 14.4 Å². The zero-order chi connectivity index (χ0) is 20.4. The summed E-state index contributed by atoms with van der Waals surface area (Å²) in [7, 11) is 0. The zero-order valence-electron chi connectivity index (χ0n) is 15.6. The highest BCUT2D eigenvalue weighted by atomic mass is 16.2. The lowest BCUT2D eigenvalue weighted by Gasteiger charge is -2.14. The van der Waals surface area contributed by atoms with E-state index in [1.165, 1.54) is 4.90 Å².